The molecule has 0 spiro atoms. The van der Waals surface area contributed by atoms with Crippen LogP contribution in [0.2, 0.25) is 0 Å². The van der Waals surface area contributed by atoms with Gasteiger partial charge in [0.05, 0.1) is 12.0 Å². The third kappa shape index (κ3) is 2.31. The minimum atomic E-state index is -0.948. The Morgan fingerprint density at radius 2 is 2.31 bits per heavy atom. The van der Waals surface area contributed by atoms with Crippen LogP contribution in [-0.4, -0.2) is 21.8 Å². The Bertz CT molecular complexity index is 212. The summed E-state index contributed by atoms with van der Waals surface area (Å²) in [4.78, 5) is 10.5. The molecule has 3 nitrogen and oxygen atoms in total. The van der Waals surface area contributed by atoms with E-state index in [1.807, 2.05) is 0 Å². The second kappa shape index (κ2) is 3.92. The van der Waals surface area contributed by atoms with Gasteiger partial charge in [0.2, 0.25) is 0 Å². The maximum atomic E-state index is 10.5. The van der Waals surface area contributed by atoms with E-state index in [2.05, 4.69) is 6.58 Å². The number of carbonyl (C=O) groups is 1. The van der Waals surface area contributed by atoms with Gasteiger partial charge in [-0.25, -0.2) is 0 Å². The predicted molar refractivity (Wildman–Crippen MR) is 49.4 cm³/mol. The molecular weight excluding hydrogens is 168 g/mol. The number of hydrogen-bond acceptors (Lipinski definition) is 2. The topological polar surface area (TPSA) is 57.5 Å². The summed E-state index contributed by atoms with van der Waals surface area (Å²) in [5.41, 5.74) is -0.948. The standard InChI is InChI=1S/C10H16O3/c1-2-10(13)6-4-3-5-8(10)7-9(11)12/h2,8,13H,1,3-7H2,(H,11,12). The molecule has 1 rings (SSSR count). The highest BCUT2D eigenvalue weighted by molar-refractivity contribution is 5.67. The maximum Gasteiger partial charge on any atom is 0.303 e. The Morgan fingerprint density at radius 3 is 2.85 bits per heavy atom. The number of aliphatic hydroxyl groups is 1. The van der Waals surface area contributed by atoms with Gasteiger partial charge >= 0.3 is 5.97 Å². The third-order valence-corrected chi connectivity index (χ3v) is 2.86. The molecule has 2 unspecified atom stereocenters. The van der Waals surface area contributed by atoms with Crippen LogP contribution in [0.1, 0.15) is 32.1 Å². The molecule has 0 radical (unpaired) electrons. The molecule has 0 aromatic carbocycles. The van der Waals surface area contributed by atoms with Crippen LogP contribution in [0.4, 0.5) is 0 Å². The molecule has 0 bridgehead atoms. The summed E-state index contributed by atoms with van der Waals surface area (Å²) >= 11 is 0. The normalized spacial score (nSPS) is 34.1. The van der Waals surface area contributed by atoms with Gasteiger partial charge in [0, 0.05) is 5.92 Å². The Hall–Kier alpha value is -0.830. The zero-order chi connectivity index (χ0) is 9.90. The van der Waals surface area contributed by atoms with Gasteiger partial charge in [-0.15, -0.1) is 6.58 Å². The summed E-state index contributed by atoms with van der Waals surface area (Å²) in [5.74, 6) is -0.997. The minimum Gasteiger partial charge on any atom is -0.481 e. The molecule has 0 amide bonds. The molecule has 1 fully saturated rings. The van der Waals surface area contributed by atoms with E-state index in [-0.39, 0.29) is 12.3 Å². The van der Waals surface area contributed by atoms with E-state index < -0.39 is 11.6 Å². The molecule has 2 atom stereocenters. The van der Waals surface area contributed by atoms with Crippen molar-refractivity contribution in [1.82, 2.24) is 0 Å². The van der Waals surface area contributed by atoms with Crippen LogP contribution in [0.5, 0.6) is 0 Å². The van der Waals surface area contributed by atoms with Crippen LogP contribution in [0.15, 0.2) is 12.7 Å². The van der Waals surface area contributed by atoms with Crippen LogP contribution in [0.3, 0.4) is 0 Å². The van der Waals surface area contributed by atoms with E-state index in [9.17, 15) is 9.90 Å². The van der Waals surface area contributed by atoms with E-state index in [1.54, 1.807) is 0 Å². The van der Waals surface area contributed by atoms with Crippen LogP contribution in [0, 0.1) is 5.92 Å². The first-order chi connectivity index (χ1) is 6.08. The van der Waals surface area contributed by atoms with Crippen molar-refractivity contribution >= 4 is 5.97 Å². The number of aliphatic carboxylic acids is 1. The van der Waals surface area contributed by atoms with Crippen molar-refractivity contribution in [1.29, 1.82) is 0 Å². The lowest BCUT2D eigenvalue weighted by Gasteiger charge is -2.36. The molecular formula is C10H16O3. The van der Waals surface area contributed by atoms with Crippen molar-refractivity contribution in [2.24, 2.45) is 5.92 Å². The second-order valence-corrected chi connectivity index (χ2v) is 3.74. The summed E-state index contributed by atoms with van der Waals surface area (Å²) in [6.45, 7) is 3.57. The fraction of sp³-hybridized carbons (Fsp3) is 0.700. The van der Waals surface area contributed by atoms with Crippen LogP contribution < -0.4 is 0 Å². The summed E-state index contributed by atoms with van der Waals surface area (Å²) in [7, 11) is 0. The van der Waals surface area contributed by atoms with Gasteiger partial charge in [-0.2, -0.15) is 0 Å². The summed E-state index contributed by atoms with van der Waals surface area (Å²) in [5, 5.41) is 18.7. The molecule has 13 heavy (non-hydrogen) atoms. The van der Waals surface area contributed by atoms with Gasteiger partial charge < -0.3 is 10.2 Å². The summed E-state index contributed by atoms with van der Waals surface area (Å²) < 4.78 is 0. The van der Waals surface area contributed by atoms with Crippen LogP contribution in [0.25, 0.3) is 0 Å². The smallest absolute Gasteiger partial charge is 0.303 e. The van der Waals surface area contributed by atoms with E-state index in [0.29, 0.717) is 6.42 Å². The van der Waals surface area contributed by atoms with E-state index >= 15 is 0 Å². The molecule has 74 valence electrons. The quantitative estimate of drug-likeness (QED) is 0.654. The number of rotatable bonds is 3. The Morgan fingerprint density at radius 1 is 1.62 bits per heavy atom. The van der Waals surface area contributed by atoms with E-state index in [4.69, 9.17) is 5.11 Å². The molecule has 0 saturated heterocycles. The second-order valence-electron chi connectivity index (χ2n) is 3.74. The first kappa shape index (κ1) is 10.3. The van der Waals surface area contributed by atoms with Gasteiger partial charge in [-0.05, 0) is 12.8 Å². The zero-order valence-electron chi connectivity index (χ0n) is 7.70. The third-order valence-electron chi connectivity index (χ3n) is 2.86. The number of carboxylic acids is 1. The molecule has 0 heterocycles. The molecule has 1 saturated carbocycles. The van der Waals surface area contributed by atoms with Gasteiger partial charge in [0.1, 0.15) is 0 Å². The van der Waals surface area contributed by atoms with Gasteiger partial charge in [-0.3, -0.25) is 4.79 Å². The van der Waals surface area contributed by atoms with Crippen molar-refractivity contribution in [2.75, 3.05) is 0 Å². The van der Waals surface area contributed by atoms with E-state index in [0.717, 1.165) is 19.3 Å². The molecule has 1 aliphatic rings. The fourth-order valence-electron chi connectivity index (χ4n) is 2.01. The summed E-state index contributed by atoms with van der Waals surface area (Å²) in [6.07, 6.45) is 4.94. The summed E-state index contributed by atoms with van der Waals surface area (Å²) in [6, 6.07) is 0. The predicted octanol–water partition coefficient (Wildman–Crippen LogP) is 1.57. The Balaban J connectivity index is 2.67. The lowest BCUT2D eigenvalue weighted by molar-refractivity contribution is -0.141. The first-order valence-electron chi connectivity index (χ1n) is 4.66. The highest BCUT2D eigenvalue weighted by Gasteiger charge is 2.37. The SMILES string of the molecule is C=CC1(O)CCCCC1CC(=O)O. The number of hydrogen-bond donors (Lipinski definition) is 2. The van der Waals surface area contributed by atoms with Crippen LogP contribution in [-0.2, 0) is 4.79 Å². The molecule has 0 aromatic rings. The van der Waals surface area contributed by atoms with Crippen molar-refractivity contribution in [3.05, 3.63) is 12.7 Å². The van der Waals surface area contributed by atoms with Gasteiger partial charge in [0.25, 0.3) is 0 Å². The van der Waals surface area contributed by atoms with Crippen molar-refractivity contribution in [3.8, 4) is 0 Å². The number of carboxylic acid groups (broad SMARTS) is 1. The monoisotopic (exact) mass is 184 g/mol. The highest BCUT2D eigenvalue weighted by atomic mass is 16.4. The molecule has 2 N–H and O–H groups in total. The highest BCUT2D eigenvalue weighted by Crippen LogP contribution is 2.36. The molecule has 0 aromatic heterocycles. The van der Waals surface area contributed by atoms with Crippen molar-refractivity contribution in [2.45, 2.75) is 37.7 Å². The van der Waals surface area contributed by atoms with Crippen molar-refractivity contribution in [3.63, 3.8) is 0 Å². The van der Waals surface area contributed by atoms with E-state index in [1.165, 1.54) is 6.08 Å². The molecule has 1 aliphatic carbocycles. The van der Waals surface area contributed by atoms with Gasteiger partial charge in [-0.1, -0.05) is 18.9 Å². The van der Waals surface area contributed by atoms with Gasteiger partial charge in [0.15, 0.2) is 0 Å². The lowest BCUT2D eigenvalue weighted by Crippen LogP contribution is -2.39. The minimum absolute atomic E-state index is 0.0442. The largest absolute Gasteiger partial charge is 0.481 e. The van der Waals surface area contributed by atoms with Crippen LogP contribution >= 0.6 is 0 Å². The molecule has 3 heteroatoms. The molecule has 0 aliphatic heterocycles. The lowest BCUT2D eigenvalue weighted by atomic mass is 9.74. The maximum absolute atomic E-state index is 10.5. The first-order valence-corrected chi connectivity index (χ1v) is 4.66. The zero-order valence-corrected chi connectivity index (χ0v) is 7.70. The average Bonchev–Trinajstić information content (AvgIpc) is 2.09. The average molecular weight is 184 g/mol. The Labute approximate surface area is 78.1 Å². The fourth-order valence-corrected chi connectivity index (χ4v) is 2.01. The van der Waals surface area contributed by atoms with Crippen molar-refractivity contribution < 1.29 is 15.0 Å². The Kier molecular flexibility index (Phi) is 3.09.